The molecule has 1 aromatic carbocycles. The Morgan fingerprint density at radius 3 is 2.65 bits per heavy atom. The minimum Gasteiger partial charge on any atom is -0.372 e. The summed E-state index contributed by atoms with van der Waals surface area (Å²) in [4.78, 5) is 1.82. The molecule has 0 spiro atoms. The number of hydrogen-bond donors (Lipinski definition) is 1. The summed E-state index contributed by atoms with van der Waals surface area (Å²) in [6.07, 6.45) is 0.630. The molecule has 0 heterocycles. The molecule has 0 saturated carbocycles. The van der Waals surface area contributed by atoms with Gasteiger partial charge in [0, 0.05) is 13.6 Å². The number of nitrogens with one attached hydrogen (secondary N) is 1. The van der Waals surface area contributed by atoms with Crippen LogP contribution in [-0.2, 0) is 0 Å². The third-order valence-electron chi connectivity index (χ3n) is 3.01. The molecule has 17 heavy (non-hydrogen) atoms. The van der Waals surface area contributed by atoms with Crippen LogP contribution in [-0.4, -0.2) is 26.2 Å². The van der Waals surface area contributed by atoms with Gasteiger partial charge in [-0.15, -0.1) is 0 Å². The molecule has 4 heteroatoms. The average Bonchev–Trinajstić information content (AvgIpc) is 2.36. The molecule has 0 amide bonds. The molecule has 0 aliphatic heterocycles. The Bertz CT molecular complexity index is 413. The predicted octanol–water partition coefficient (Wildman–Crippen LogP) is 2.15. The van der Waals surface area contributed by atoms with Crippen molar-refractivity contribution in [3.05, 3.63) is 30.1 Å². The summed E-state index contributed by atoms with van der Waals surface area (Å²) >= 11 is 0. The van der Waals surface area contributed by atoms with Gasteiger partial charge in [-0.2, -0.15) is 5.26 Å². The standard InChI is InChI=1S/C13H18FN3/c1-13(10-15,16-2)8-9-17(3)12-7-5-4-6-11(12)14/h4-7,16H,8-9H2,1-3H3. The summed E-state index contributed by atoms with van der Waals surface area (Å²) < 4.78 is 13.5. The van der Waals surface area contributed by atoms with E-state index in [0.29, 0.717) is 18.7 Å². The van der Waals surface area contributed by atoms with Gasteiger partial charge >= 0.3 is 0 Å². The van der Waals surface area contributed by atoms with Crippen LogP contribution < -0.4 is 10.2 Å². The summed E-state index contributed by atoms with van der Waals surface area (Å²) in [5, 5.41) is 12.0. The van der Waals surface area contributed by atoms with Crippen LogP contribution >= 0.6 is 0 Å². The molecule has 0 aliphatic carbocycles. The lowest BCUT2D eigenvalue weighted by molar-refractivity contribution is 0.456. The normalized spacial score (nSPS) is 13.8. The number of rotatable bonds is 5. The first-order valence-electron chi connectivity index (χ1n) is 5.58. The summed E-state index contributed by atoms with van der Waals surface area (Å²) in [5.74, 6) is -0.238. The zero-order valence-corrected chi connectivity index (χ0v) is 10.5. The largest absolute Gasteiger partial charge is 0.372 e. The highest BCUT2D eigenvalue weighted by Crippen LogP contribution is 2.18. The smallest absolute Gasteiger partial charge is 0.146 e. The van der Waals surface area contributed by atoms with Crippen molar-refractivity contribution in [2.24, 2.45) is 0 Å². The number of para-hydroxylation sites is 1. The quantitative estimate of drug-likeness (QED) is 0.850. The highest BCUT2D eigenvalue weighted by Gasteiger charge is 2.21. The zero-order valence-electron chi connectivity index (χ0n) is 10.5. The van der Waals surface area contributed by atoms with Crippen molar-refractivity contribution in [2.75, 3.05) is 25.5 Å². The van der Waals surface area contributed by atoms with Crippen molar-refractivity contribution in [2.45, 2.75) is 18.9 Å². The van der Waals surface area contributed by atoms with Crippen molar-refractivity contribution >= 4 is 5.69 Å². The molecule has 1 atom stereocenters. The van der Waals surface area contributed by atoms with Gasteiger partial charge in [0.15, 0.2) is 0 Å². The Morgan fingerprint density at radius 1 is 1.47 bits per heavy atom. The highest BCUT2D eigenvalue weighted by molar-refractivity contribution is 5.46. The number of anilines is 1. The van der Waals surface area contributed by atoms with E-state index in [2.05, 4.69) is 11.4 Å². The summed E-state index contributed by atoms with van der Waals surface area (Å²) in [6.45, 7) is 2.45. The van der Waals surface area contributed by atoms with E-state index in [9.17, 15) is 4.39 Å². The van der Waals surface area contributed by atoms with Crippen molar-refractivity contribution in [1.82, 2.24) is 5.32 Å². The van der Waals surface area contributed by atoms with E-state index in [-0.39, 0.29) is 5.82 Å². The molecular formula is C13H18FN3. The number of nitrogens with zero attached hydrogens (tertiary/aromatic N) is 2. The van der Waals surface area contributed by atoms with Crippen LogP contribution in [0, 0.1) is 17.1 Å². The van der Waals surface area contributed by atoms with Gasteiger partial charge in [-0.1, -0.05) is 12.1 Å². The Kier molecular flexibility index (Phi) is 4.47. The van der Waals surface area contributed by atoms with Gasteiger partial charge in [-0.05, 0) is 32.5 Å². The van der Waals surface area contributed by atoms with Crippen LogP contribution in [0.2, 0.25) is 0 Å². The van der Waals surface area contributed by atoms with Crippen LogP contribution in [0.25, 0.3) is 0 Å². The van der Waals surface area contributed by atoms with Gasteiger partial charge in [-0.3, -0.25) is 0 Å². The Balaban J connectivity index is 2.66. The minimum absolute atomic E-state index is 0.238. The number of halogens is 1. The van der Waals surface area contributed by atoms with Crippen molar-refractivity contribution in [3.8, 4) is 6.07 Å². The van der Waals surface area contributed by atoms with Crippen LogP contribution in [0.15, 0.2) is 24.3 Å². The number of nitriles is 1. The fourth-order valence-electron chi connectivity index (χ4n) is 1.51. The van der Waals surface area contributed by atoms with Crippen LogP contribution in [0.3, 0.4) is 0 Å². The van der Waals surface area contributed by atoms with Crippen molar-refractivity contribution in [1.29, 1.82) is 5.26 Å². The SMILES string of the molecule is CNC(C)(C#N)CCN(C)c1ccccc1F. The van der Waals surface area contributed by atoms with E-state index in [0.717, 1.165) is 0 Å². The fraction of sp³-hybridized carbons (Fsp3) is 0.462. The van der Waals surface area contributed by atoms with Crippen LogP contribution in [0.4, 0.5) is 10.1 Å². The zero-order chi connectivity index (χ0) is 12.9. The summed E-state index contributed by atoms with van der Waals surface area (Å²) in [6, 6.07) is 8.86. The second kappa shape index (κ2) is 5.65. The van der Waals surface area contributed by atoms with E-state index >= 15 is 0 Å². The first-order valence-corrected chi connectivity index (χ1v) is 5.58. The van der Waals surface area contributed by atoms with Crippen LogP contribution in [0.1, 0.15) is 13.3 Å². The second-order valence-electron chi connectivity index (χ2n) is 4.32. The maximum absolute atomic E-state index is 13.5. The van der Waals surface area contributed by atoms with Crippen molar-refractivity contribution in [3.63, 3.8) is 0 Å². The Morgan fingerprint density at radius 2 is 2.12 bits per heavy atom. The number of benzene rings is 1. The first-order chi connectivity index (χ1) is 8.02. The molecule has 1 N–H and O–H groups in total. The van der Waals surface area contributed by atoms with Crippen LogP contribution in [0.5, 0.6) is 0 Å². The molecule has 0 radical (unpaired) electrons. The monoisotopic (exact) mass is 235 g/mol. The lowest BCUT2D eigenvalue weighted by Crippen LogP contribution is -2.41. The molecule has 0 saturated heterocycles. The first kappa shape index (κ1) is 13.5. The Hall–Kier alpha value is -1.60. The molecule has 1 aromatic rings. The van der Waals surface area contributed by atoms with Gasteiger partial charge in [0.2, 0.25) is 0 Å². The van der Waals surface area contributed by atoms with E-state index in [1.54, 1.807) is 25.2 Å². The van der Waals surface area contributed by atoms with Gasteiger partial charge < -0.3 is 10.2 Å². The van der Waals surface area contributed by atoms with E-state index in [1.807, 2.05) is 18.9 Å². The van der Waals surface area contributed by atoms with Crippen molar-refractivity contribution < 1.29 is 4.39 Å². The molecule has 0 fully saturated rings. The number of hydrogen-bond acceptors (Lipinski definition) is 3. The van der Waals surface area contributed by atoms with Gasteiger partial charge in [0.05, 0.1) is 11.8 Å². The van der Waals surface area contributed by atoms with E-state index in [4.69, 9.17) is 5.26 Å². The molecule has 1 rings (SSSR count). The topological polar surface area (TPSA) is 39.1 Å². The molecule has 0 bridgehead atoms. The maximum atomic E-state index is 13.5. The molecule has 3 nitrogen and oxygen atoms in total. The van der Waals surface area contributed by atoms with E-state index in [1.165, 1.54) is 6.07 Å². The average molecular weight is 235 g/mol. The van der Waals surface area contributed by atoms with Gasteiger partial charge in [-0.25, -0.2) is 4.39 Å². The second-order valence-corrected chi connectivity index (χ2v) is 4.32. The molecule has 0 aromatic heterocycles. The lowest BCUT2D eigenvalue weighted by Gasteiger charge is -2.26. The van der Waals surface area contributed by atoms with Gasteiger partial charge in [0.25, 0.3) is 0 Å². The maximum Gasteiger partial charge on any atom is 0.146 e. The predicted molar refractivity (Wildman–Crippen MR) is 67.4 cm³/mol. The third kappa shape index (κ3) is 3.43. The van der Waals surface area contributed by atoms with Gasteiger partial charge in [0.1, 0.15) is 11.4 Å². The Labute approximate surface area is 102 Å². The minimum atomic E-state index is -0.570. The lowest BCUT2D eigenvalue weighted by atomic mass is 10.00. The third-order valence-corrected chi connectivity index (χ3v) is 3.01. The van der Waals surface area contributed by atoms with E-state index < -0.39 is 5.54 Å². The fourth-order valence-corrected chi connectivity index (χ4v) is 1.51. The summed E-state index contributed by atoms with van der Waals surface area (Å²) in [5.41, 5.74) is -0.0108. The molecule has 92 valence electrons. The summed E-state index contributed by atoms with van der Waals surface area (Å²) in [7, 11) is 3.58. The molecule has 0 aliphatic rings. The molecule has 1 unspecified atom stereocenters. The highest BCUT2D eigenvalue weighted by atomic mass is 19.1. The molecular weight excluding hydrogens is 217 g/mol.